The van der Waals surface area contributed by atoms with Crippen LogP contribution < -0.4 is 0 Å². The second-order valence-electron chi connectivity index (χ2n) is 6.06. The highest BCUT2D eigenvalue weighted by Crippen LogP contribution is 2.29. The SMILES string of the molecule is CCN(CC)S(=O)(=O)c1ccc(C(=O)[C@@H](C#N)c2nc3ccccc3s2)cc1. The van der Waals surface area contributed by atoms with Gasteiger partial charge in [-0.25, -0.2) is 13.4 Å². The van der Waals surface area contributed by atoms with Crippen LogP contribution in [0, 0.1) is 11.3 Å². The molecule has 1 heterocycles. The van der Waals surface area contributed by atoms with Gasteiger partial charge in [0, 0.05) is 18.7 Å². The third-order valence-corrected chi connectivity index (χ3v) is 7.60. The van der Waals surface area contributed by atoms with Crippen molar-refractivity contribution < 1.29 is 13.2 Å². The highest BCUT2D eigenvalue weighted by molar-refractivity contribution is 7.89. The van der Waals surface area contributed by atoms with Gasteiger partial charge in [-0.3, -0.25) is 4.79 Å². The largest absolute Gasteiger partial charge is 0.292 e. The van der Waals surface area contributed by atoms with Gasteiger partial charge >= 0.3 is 0 Å². The van der Waals surface area contributed by atoms with Crippen molar-refractivity contribution in [2.45, 2.75) is 24.7 Å². The van der Waals surface area contributed by atoms with E-state index in [0.717, 1.165) is 10.2 Å². The average Bonchev–Trinajstić information content (AvgIpc) is 3.13. The number of thiazole rings is 1. The van der Waals surface area contributed by atoms with Crippen molar-refractivity contribution in [3.8, 4) is 6.07 Å². The second-order valence-corrected chi connectivity index (χ2v) is 9.06. The number of carbonyl (C=O) groups excluding carboxylic acids is 1. The number of para-hydroxylation sites is 1. The van der Waals surface area contributed by atoms with E-state index >= 15 is 0 Å². The van der Waals surface area contributed by atoms with E-state index in [4.69, 9.17) is 0 Å². The van der Waals surface area contributed by atoms with Crippen molar-refractivity contribution in [3.05, 3.63) is 59.1 Å². The van der Waals surface area contributed by atoms with Gasteiger partial charge in [0.15, 0.2) is 11.7 Å². The molecule has 0 amide bonds. The van der Waals surface area contributed by atoms with Crippen LogP contribution in [0.15, 0.2) is 53.4 Å². The van der Waals surface area contributed by atoms with Crippen molar-refractivity contribution in [3.63, 3.8) is 0 Å². The highest BCUT2D eigenvalue weighted by Gasteiger charge is 2.27. The molecule has 28 heavy (non-hydrogen) atoms. The molecule has 0 N–H and O–H groups in total. The van der Waals surface area contributed by atoms with Gasteiger partial charge in [-0.1, -0.05) is 38.1 Å². The highest BCUT2D eigenvalue weighted by atomic mass is 32.2. The number of carbonyl (C=O) groups is 1. The zero-order valence-corrected chi connectivity index (χ0v) is 17.1. The number of Topliss-reactive ketones (excluding diaryl/α,β-unsaturated/α-hetero) is 1. The van der Waals surface area contributed by atoms with Crippen LogP contribution in [-0.2, 0) is 10.0 Å². The molecule has 6 nitrogen and oxygen atoms in total. The summed E-state index contributed by atoms with van der Waals surface area (Å²) in [6.07, 6.45) is 0. The first kappa shape index (κ1) is 20.1. The molecule has 3 aromatic rings. The van der Waals surface area contributed by atoms with Gasteiger partial charge in [-0.05, 0) is 24.3 Å². The molecule has 144 valence electrons. The summed E-state index contributed by atoms with van der Waals surface area (Å²) in [5.74, 6) is -1.42. The first-order valence-electron chi connectivity index (χ1n) is 8.81. The Hall–Kier alpha value is -2.60. The van der Waals surface area contributed by atoms with Gasteiger partial charge < -0.3 is 0 Å². The summed E-state index contributed by atoms with van der Waals surface area (Å²) < 4.78 is 27.4. The minimum Gasteiger partial charge on any atom is -0.292 e. The first-order valence-corrected chi connectivity index (χ1v) is 11.1. The van der Waals surface area contributed by atoms with Gasteiger partial charge in [0.05, 0.1) is 21.2 Å². The third-order valence-electron chi connectivity index (χ3n) is 4.43. The lowest BCUT2D eigenvalue weighted by atomic mass is 9.99. The quantitative estimate of drug-likeness (QED) is 0.549. The van der Waals surface area contributed by atoms with Crippen LogP contribution in [0.1, 0.15) is 35.1 Å². The fourth-order valence-electron chi connectivity index (χ4n) is 2.91. The van der Waals surface area contributed by atoms with E-state index in [1.807, 2.05) is 30.3 Å². The molecule has 0 aliphatic rings. The molecule has 0 radical (unpaired) electrons. The number of hydrogen-bond acceptors (Lipinski definition) is 6. The summed E-state index contributed by atoms with van der Waals surface area (Å²) in [5, 5.41) is 9.99. The van der Waals surface area contributed by atoms with Crippen LogP contribution >= 0.6 is 11.3 Å². The van der Waals surface area contributed by atoms with Crippen molar-refractivity contribution >= 4 is 37.4 Å². The van der Waals surface area contributed by atoms with Gasteiger partial charge in [0.2, 0.25) is 10.0 Å². The van der Waals surface area contributed by atoms with E-state index in [9.17, 15) is 18.5 Å². The first-order chi connectivity index (χ1) is 13.4. The summed E-state index contributed by atoms with van der Waals surface area (Å²) in [4.78, 5) is 17.4. The molecule has 1 atom stereocenters. The molecule has 8 heteroatoms. The van der Waals surface area contributed by atoms with Gasteiger partial charge in [0.1, 0.15) is 5.01 Å². The summed E-state index contributed by atoms with van der Waals surface area (Å²) in [6.45, 7) is 4.28. The Balaban J connectivity index is 1.90. The molecule has 0 unspecified atom stereocenters. The fraction of sp³-hybridized carbons (Fsp3) is 0.250. The molecule has 2 aromatic carbocycles. The normalized spacial score (nSPS) is 12.8. The van der Waals surface area contributed by atoms with Crippen molar-refractivity contribution in [2.75, 3.05) is 13.1 Å². The molecule has 0 saturated carbocycles. The number of nitrogens with zero attached hydrogens (tertiary/aromatic N) is 3. The standard InChI is InChI=1S/C20H19N3O3S2/c1-3-23(4-2)28(25,26)15-11-9-14(10-12-15)19(24)16(13-21)20-22-17-7-5-6-8-18(17)27-20/h5-12,16H,3-4H2,1-2H3/t16-/m1/s1. The van der Waals surface area contributed by atoms with E-state index in [1.165, 1.54) is 39.9 Å². The summed E-state index contributed by atoms with van der Waals surface area (Å²) in [7, 11) is -3.59. The van der Waals surface area contributed by atoms with Crippen LogP contribution in [0.4, 0.5) is 0 Å². The molecule has 0 spiro atoms. The topological polar surface area (TPSA) is 91.1 Å². The minimum absolute atomic E-state index is 0.126. The number of benzene rings is 2. The third kappa shape index (κ3) is 3.69. The zero-order chi connectivity index (χ0) is 20.3. The molecule has 0 aliphatic carbocycles. The maximum absolute atomic E-state index is 12.8. The molecule has 0 aliphatic heterocycles. The number of rotatable bonds is 7. The fourth-order valence-corrected chi connectivity index (χ4v) is 5.38. The van der Waals surface area contributed by atoms with E-state index in [2.05, 4.69) is 4.98 Å². The van der Waals surface area contributed by atoms with Gasteiger partial charge in [-0.15, -0.1) is 11.3 Å². The second kappa shape index (κ2) is 8.19. The molecule has 1 aromatic heterocycles. The Bertz CT molecular complexity index is 1110. The maximum Gasteiger partial charge on any atom is 0.243 e. The summed E-state index contributed by atoms with van der Waals surface area (Å²) >= 11 is 1.31. The predicted molar refractivity (Wildman–Crippen MR) is 109 cm³/mol. The van der Waals surface area contributed by atoms with Gasteiger partial charge in [-0.2, -0.15) is 9.57 Å². The Morgan fingerprint density at radius 3 is 2.36 bits per heavy atom. The predicted octanol–water partition coefficient (Wildman–Crippen LogP) is 3.82. The van der Waals surface area contributed by atoms with E-state index in [0.29, 0.717) is 18.1 Å². The number of ketones is 1. The van der Waals surface area contributed by atoms with Crippen molar-refractivity contribution in [2.24, 2.45) is 0 Å². The smallest absolute Gasteiger partial charge is 0.243 e. The number of hydrogen-bond donors (Lipinski definition) is 0. The Kier molecular flexibility index (Phi) is 5.89. The number of sulfonamides is 1. The lowest BCUT2D eigenvalue weighted by Crippen LogP contribution is -2.30. The van der Waals surface area contributed by atoms with Crippen molar-refractivity contribution in [1.82, 2.24) is 9.29 Å². The molecule has 0 fully saturated rings. The lowest BCUT2D eigenvalue weighted by molar-refractivity contribution is 0.0978. The Morgan fingerprint density at radius 2 is 1.79 bits per heavy atom. The van der Waals surface area contributed by atoms with Crippen molar-refractivity contribution in [1.29, 1.82) is 5.26 Å². The monoisotopic (exact) mass is 413 g/mol. The van der Waals surface area contributed by atoms with Gasteiger partial charge in [0.25, 0.3) is 0 Å². The molecule has 0 saturated heterocycles. The van der Waals surface area contributed by atoms with Crippen LogP contribution in [0.3, 0.4) is 0 Å². The van der Waals surface area contributed by atoms with Crippen LogP contribution in [-0.4, -0.2) is 36.6 Å². The molecular weight excluding hydrogens is 394 g/mol. The molecule has 0 bridgehead atoms. The van der Waals surface area contributed by atoms with Crippen LogP contribution in [0.25, 0.3) is 10.2 Å². The van der Waals surface area contributed by atoms with Crippen LogP contribution in [0.2, 0.25) is 0 Å². The van der Waals surface area contributed by atoms with E-state index < -0.39 is 21.7 Å². The van der Waals surface area contributed by atoms with E-state index in [-0.39, 0.29) is 10.5 Å². The van der Waals surface area contributed by atoms with Crippen LogP contribution in [0.5, 0.6) is 0 Å². The lowest BCUT2D eigenvalue weighted by Gasteiger charge is -2.18. The Labute approximate surface area is 168 Å². The molecular formula is C20H19N3O3S2. The minimum atomic E-state index is -3.59. The zero-order valence-electron chi connectivity index (χ0n) is 15.5. The number of nitriles is 1. The van der Waals surface area contributed by atoms with E-state index in [1.54, 1.807) is 13.8 Å². The average molecular weight is 414 g/mol. The summed E-state index contributed by atoms with van der Waals surface area (Å²) in [6, 6.07) is 15.2. The Morgan fingerprint density at radius 1 is 1.14 bits per heavy atom. The summed E-state index contributed by atoms with van der Waals surface area (Å²) in [5.41, 5.74) is 1.03. The number of fused-ring (bicyclic) bond motifs is 1. The molecule has 3 rings (SSSR count). The maximum atomic E-state index is 12.8. The number of aromatic nitrogens is 1.